The minimum atomic E-state index is -0.225. The number of rotatable bonds is 3. The van der Waals surface area contributed by atoms with Crippen molar-refractivity contribution in [2.24, 2.45) is 0 Å². The van der Waals surface area contributed by atoms with E-state index >= 15 is 0 Å². The molecule has 2 aromatic carbocycles. The molecule has 2 aromatic rings. The van der Waals surface area contributed by atoms with E-state index in [1.165, 1.54) is 11.8 Å². The van der Waals surface area contributed by atoms with Crippen LogP contribution in [0.4, 0.5) is 15.8 Å². The Bertz CT molecular complexity index is 743. The molecule has 132 valence electrons. The molecule has 1 fully saturated rings. The summed E-state index contributed by atoms with van der Waals surface area (Å²) < 4.78 is 18.9. The van der Waals surface area contributed by atoms with Gasteiger partial charge in [-0.05, 0) is 61.1 Å². The molecule has 1 saturated heterocycles. The number of hydrogen-bond acceptors (Lipinski definition) is 3. The lowest BCUT2D eigenvalue weighted by Gasteiger charge is -2.37. The van der Waals surface area contributed by atoms with Gasteiger partial charge in [0.05, 0.1) is 7.11 Å². The van der Waals surface area contributed by atoms with Crippen molar-refractivity contribution in [2.75, 3.05) is 43.5 Å². The summed E-state index contributed by atoms with van der Waals surface area (Å²) in [4.78, 5) is 4.44. The first-order valence-corrected chi connectivity index (χ1v) is 8.69. The maximum absolute atomic E-state index is 13.7. The lowest BCUT2D eigenvalue weighted by molar-refractivity contribution is 0.390. The SMILES string of the molecule is COc1ccc(N2CCN(C(=S)Nc3ccc(C)c(F)c3)CC2)cc1. The molecule has 1 heterocycles. The highest BCUT2D eigenvalue weighted by atomic mass is 32.1. The largest absolute Gasteiger partial charge is 0.497 e. The zero-order valence-corrected chi connectivity index (χ0v) is 15.3. The second kappa shape index (κ2) is 7.70. The van der Waals surface area contributed by atoms with E-state index in [1.807, 2.05) is 18.2 Å². The Balaban J connectivity index is 1.55. The van der Waals surface area contributed by atoms with Crippen molar-refractivity contribution in [2.45, 2.75) is 6.92 Å². The number of ether oxygens (including phenoxy) is 1. The Kier molecular flexibility index (Phi) is 5.38. The van der Waals surface area contributed by atoms with Crippen LogP contribution in [0.1, 0.15) is 5.56 Å². The maximum atomic E-state index is 13.7. The second-order valence-corrected chi connectivity index (χ2v) is 6.45. The first-order chi connectivity index (χ1) is 12.1. The van der Waals surface area contributed by atoms with Gasteiger partial charge in [0, 0.05) is 37.6 Å². The summed E-state index contributed by atoms with van der Waals surface area (Å²) in [7, 11) is 1.67. The molecular formula is C19H22FN3OS. The number of thiocarbonyl (C=S) groups is 1. The molecule has 25 heavy (non-hydrogen) atoms. The van der Waals surface area contributed by atoms with E-state index in [1.54, 1.807) is 20.1 Å². The number of piperazine rings is 1. The van der Waals surface area contributed by atoms with Gasteiger partial charge in [-0.1, -0.05) is 6.07 Å². The Morgan fingerprint density at radius 3 is 2.36 bits per heavy atom. The topological polar surface area (TPSA) is 27.7 Å². The number of methoxy groups -OCH3 is 1. The molecule has 1 aliphatic heterocycles. The van der Waals surface area contributed by atoms with Gasteiger partial charge in [0.1, 0.15) is 11.6 Å². The number of nitrogens with zero attached hydrogens (tertiary/aromatic N) is 2. The molecule has 4 nitrogen and oxygen atoms in total. The van der Waals surface area contributed by atoms with Crippen molar-refractivity contribution in [3.63, 3.8) is 0 Å². The Morgan fingerprint density at radius 1 is 1.08 bits per heavy atom. The van der Waals surface area contributed by atoms with Crippen LogP contribution in [0.15, 0.2) is 42.5 Å². The minimum absolute atomic E-state index is 0.225. The van der Waals surface area contributed by atoms with Crippen molar-refractivity contribution < 1.29 is 9.13 Å². The van der Waals surface area contributed by atoms with Crippen LogP contribution in [0.3, 0.4) is 0 Å². The fourth-order valence-electron chi connectivity index (χ4n) is 2.83. The van der Waals surface area contributed by atoms with Crippen LogP contribution >= 0.6 is 12.2 Å². The van der Waals surface area contributed by atoms with Crippen LogP contribution in [0, 0.1) is 12.7 Å². The van der Waals surface area contributed by atoms with Gasteiger partial charge in [-0.3, -0.25) is 0 Å². The van der Waals surface area contributed by atoms with Gasteiger partial charge in [-0.2, -0.15) is 0 Å². The summed E-state index contributed by atoms with van der Waals surface area (Å²) in [6.45, 7) is 5.17. The third-order valence-electron chi connectivity index (χ3n) is 4.43. The van der Waals surface area contributed by atoms with E-state index in [9.17, 15) is 4.39 Å². The Hall–Kier alpha value is -2.34. The summed E-state index contributed by atoms with van der Waals surface area (Å²) in [6, 6.07) is 13.2. The molecule has 0 aliphatic carbocycles. The highest BCUT2D eigenvalue weighted by molar-refractivity contribution is 7.80. The molecule has 0 radical (unpaired) electrons. The van der Waals surface area contributed by atoms with Crippen LogP contribution in [0.5, 0.6) is 5.75 Å². The van der Waals surface area contributed by atoms with Crippen molar-refractivity contribution in [3.8, 4) is 5.75 Å². The summed E-state index contributed by atoms with van der Waals surface area (Å²) >= 11 is 5.48. The number of halogens is 1. The predicted octanol–water partition coefficient (Wildman–Crippen LogP) is 3.66. The number of benzene rings is 2. The van der Waals surface area contributed by atoms with Gasteiger partial charge in [0.25, 0.3) is 0 Å². The molecule has 1 aliphatic rings. The molecule has 0 amide bonds. The van der Waals surface area contributed by atoms with E-state index in [2.05, 4.69) is 27.2 Å². The number of nitrogens with one attached hydrogen (secondary N) is 1. The van der Waals surface area contributed by atoms with Crippen LogP contribution < -0.4 is 15.0 Å². The van der Waals surface area contributed by atoms with E-state index in [-0.39, 0.29) is 5.82 Å². The van der Waals surface area contributed by atoms with Gasteiger partial charge >= 0.3 is 0 Å². The Labute approximate surface area is 153 Å². The molecule has 6 heteroatoms. The normalized spacial score (nSPS) is 14.4. The molecule has 3 rings (SSSR count). The average molecular weight is 359 g/mol. The van der Waals surface area contributed by atoms with Crippen LogP contribution in [-0.2, 0) is 0 Å². The molecule has 0 saturated carbocycles. The number of hydrogen-bond donors (Lipinski definition) is 1. The van der Waals surface area contributed by atoms with Crippen LogP contribution in [-0.4, -0.2) is 43.3 Å². The molecule has 0 atom stereocenters. The molecular weight excluding hydrogens is 337 g/mol. The standard InChI is InChI=1S/C19H22FN3OS/c1-14-3-4-15(13-18(14)20)21-19(25)23-11-9-22(10-12-23)16-5-7-17(24-2)8-6-16/h3-8,13H,9-12H2,1-2H3,(H,21,25). The van der Waals surface area contributed by atoms with E-state index in [0.717, 1.165) is 31.9 Å². The van der Waals surface area contributed by atoms with E-state index in [0.29, 0.717) is 16.4 Å². The first kappa shape index (κ1) is 17.5. The first-order valence-electron chi connectivity index (χ1n) is 8.28. The molecule has 0 aromatic heterocycles. The lowest BCUT2D eigenvalue weighted by atomic mass is 10.2. The van der Waals surface area contributed by atoms with E-state index in [4.69, 9.17) is 17.0 Å². The summed E-state index contributed by atoms with van der Waals surface area (Å²) in [6.07, 6.45) is 0. The van der Waals surface area contributed by atoms with Gasteiger partial charge in [-0.15, -0.1) is 0 Å². The van der Waals surface area contributed by atoms with Gasteiger partial charge in [0.2, 0.25) is 0 Å². The third-order valence-corrected chi connectivity index (χ3v) is 4.79. The van der Waals surface area contributed by atoms with Gasteiger partial charge in [0.15, 0.2) is 5.11 Å². The van der Waals surface area contributed by atoms with Crippen LogP contribution in [0.2, 0.25) is 0 Å². The Morgan fingerprint density at radius 2 is 1.76 bits per heavy atom. The quantitative estimate of drug-likeness (QED) is 0.845. The van der Waals surface area contributed by atoms with Crippen molar-refractivity contribution >= 4 is 28.7 Å². The monoisotopic (exact) mass is 359 g/mol. The maximum Gasteiger partial charge on any atom is 0.173 e. The van der Waals surface area contributed by atoms with Crippen LogP contribution in [0.25, 0.3) is 0 Å². The average Bonchev–Trinajstić information content (AvgIpc) is 2.65. The highest BCUT2D eigenvalue weighted by Gasteiger charge is 2.19. The van der Waals surface area contributed by atoms with Crippen molar-refractivity contribution in [1.82, 2.24) is 4.90 Å². The predicted molar refractivity (Wildman–Crippen MR) is 104 cm³/mol. The fourth-order valence-corrected chi connectivity index (χ4v) is 3.13. The van der Waals surface area contributed by atoms with Crippen molar-refractivity contribution in [3.05, 3.63) is 53.8 Å². The molecule has 0 spiro atoms. The summed E-state index contributed by atoms with van der Waals surface area (Å²) in [5, 5.41) is 3.77. The minimum Gasteiger partial charge on any atom is -0.497 e. The zero-order valence-electron chi connectivity index (χ0n) is 14.5. The second-order valence-electron chi connectivity index (χ2n) is 6.07. The van der Waals surface area contributed by atoms with E-state index < -0.39 is 0 Å². The fraction of sp³-hybridized carbons (Fsp3) is 0.316. The van der Waals surface area contributed by atoms with Gasteiger partial charge < -0.3 is 19.9 Å². The summed E-state index contributed by atoms with van der Waals surface area (Å²) in [5.74, 6) is 0.634. The van der Waals surface area contributed by atoms with Crippen molar-refractivity contribution in [1.29, 1.82) is 0 Å². The van der Waals surface area contributed by atoms with Gasteiger partial charge in [-0.25, -0.2) is 4.39 Å². The number of anilines is 2. The molecule has 0 bridgehead atoms. The summed E-state index contributed by atoms with van der Waals surface area (Å²) in [5.41, 5.74) is 2.50. The third kappa shape index (κ3) is 4.20. The highest BCUT2D eigenvalue weighted by Crippen LogP contribution is 2.21. The lowest BCUT2D eigenvalue weighted by Crippen LogP contribution is -2.50. The molecule has 1 N–H and O–H groups in total. The molecule has 0 unspecified atom stereocenters. The zero-order chi connectivity index (χ0) is 17.8. The smallest absolute Gasteiger partial charge is 0.173 e. The number of aryl methyl sites for hydroxylation is 1.